The smallest absolute Gasteiger partial charge is 0.362 e. The van der Waals surface area contributed by atoms with Gasteiger partial charge in [-0.2, -0.15) is 0 Å². The van der Waals surface area contributed by atoms with Crippen LogP contribution >= 0.6 is 0 Å². The molecule has 1 heterocycles. The third-order valence-corrected chi connectivity index (χ3v) is 1.94. The Bertz CT molecular complexity index is 510. The number of rotatable bonds is 1. The van der Waals surface area contributed by atoms with Gasteiger partial charge in [0.05, 0.1) is 5.39 Å². The summed E-state index contributed by atoms with van der Waals surface area (Å²) in [6, 6.07) is 8.56. The van der Waals surface area contributed by atoms with E-state index in [0.29, 0.717) is 0 Å². The number of pyridine rings is 1. The molecule has 0 saturated carbocycles. The van der Waals surface area contributed by atoms with Gasteiger partial charge in [0.15, 0.2) is 0 Å². The predicted octanol–water partition coefficient (Wildman–Crippen LogP) is 1.73. The van der Waals surface area contributed by atoms with Crippen LogP contribution in [0, 0.1) is 10.1 Å². The van der Waals surface area contributed by atoms with Gasteiger partial charge in [-0.3, -0.25) is 0 Å². The number of fused-ring (bicyclic) bond motifs is 1. The first-order chi connectivity index (χ1) is 6.68. The van der Waals surface area contributed by atoms with E-state index < -0.39 is 4.92 Å². The Morgan fingerprint density at radius 1 is 1.36 bits per heavy atom. The van der Waals surface area contributed by atoms with E-state index >= 15 is 0 Å². The lowest BCUT2D eigenvalue weighted by molar-refractivity contribution is -0.389. The molecule has 0 spiro atoms. The predicted molar refractivity (Wildman–Crippen MR) is 52.8 cm³/mol. The van der Waals surface area contributed by atoms with Gasteiger partial charge in [-0.1, -0.05) is 18.2 Å². The first-order valence-electron chi connectivity index (χ1n) is 3.98. The van der Waals surface area contributed by atoms with E-state index in [9.17, 15) is 10.1 Å². The van der Waals surface area contributed by atoms with Crippen molar-refractivity contribution in [3.63, 3.8) is 0 Å². The maximum atomic E-state index is 10.5. The summed E-state index contributed by atoms with van der Waals surface area (Å²) in [5, 5.41) is 11.9. The Labute approximate surface area is 79.3 Å². The molecule has 0 fully saturated rings. The molecular formula is C9H7N3O2. The Hall–Kier alpha value is -2.17. The molecule has 0 atom stereocenters. The summed E-state index contributed by atoms with van der Waals surface area (Å²) in [4.78, 5) is 13.6. The Morgan fingerprint density at radius 3 is 2.79 bits per heavy atom. The van der Waals surface area contributed by atoms with Crippen molar-refractivity contribution in [2.75, 3.05) is 5.73 Å². The molecule has 0 unspecified atom stereocenters. The molecule has 2 N–H and O–H groups in total. The number of nitrogen functional groups attached to an aromatic ring is 1. The summed E-state index contributed by atoms with van der Waals surface area (Å²) in [5.41, 5.74) is 5.58. The second-order valence-corrected chi connectivity index (χ2v) is 2.84. The first kappa shape index (κ1) is 8.43. The standard InChI is InChI=1S/C9H7N3O2/c10-9-7-4-2-1-3-6(7)5-8(11-9)12(13)14/h1-5H,(H2,10,11). The molecular weight excluding hydrogens is 182 g/mol. The summed E-state index contributed by atoms with van der Waals surface area (Å²) in [5.74, 6) is -0.0315. The van der Waals surface area contributed by atoms with Crippen LogP contribution in [0.15, 0.2) is 30.3 Å². The molecule has 0 aliphatic rings. The van der Waals surface area contributed by atoms with E-state index in [1.165, 1.54) is 6.07 Å². The molecule has 5 heteroatoms. The monoisotopic (exact) mass is 189 g/mol. The van der Waals surface area contributed by atoms with Gasteiger partial charge < -0.3 is 15.8 Å². The fraction of sp³-hybridized carbons (Fsp3) is 0. The van der Waals surface area contributed by atoms with Crippen molar-refractivity contribution in [1.29, 1.82) is 0 Å². The van der Waals surface area contributed by atoms with Gasteiger partial charge in [0.2, 0.25) is 5.82 Å². The molecule has 0 bridgehead atoms. The zero-order valence-corrected chi connectivity index (χ0v) is 7.18. The second kappa shape index (κ2) is 2.95. The van der Waals surface area contributed by atoms with Crippen LogP contribution in [0.2, 0.25) is 0 Å². The molecule has 1 aromatic carbocycles. The zero-order chi connectivity index (χ0) is 10.1. The molecule has 0 aliphatic heterocycles. The van der Waals surface area contributed by atoms with Crippen LogP contribution in [-0.4, -0.2) is 9.91 Å². The van der Waals surface area contributed by atoms with E-state index in [1.807, 2.05) is 6.07 Å². The van der Waals surface area contributed by atoms with Crippen LogP contribution in [0.3, 0.4) is 0 Å². The molecule has 0 radical (unpaired) electrons. The minimum atomic E-state index is -0.553. The SMILES string of the molecule is Nc1nc([N+](=O)[O-])cc2ccccc12. The van der Waals surface area contributed by atoms with Crippen LogP contribution in [0.25, 0.3) is 10.8 Å². The summed E-state index contributed by atoms with van der Waals surface area (Å²) in [7, 11) is 0. The summed E-state index contributed by atoms with van der Waals surface area (Å²) in [6.45, 7) is 0. The third kappa shape index (κ3) is 1.24. The molecule has 70 valence electrons. The van der Waals surface area contributed by atoms with E-state index in [2.05, 4.69) is 4.98 Å². The van der Waals surface area contributed by atoms with Gasteiger partial charge in [0.25, 0.3) is 0 Å². The zero-order valence-electron chi connectivity index (χ0n) is 7.18. The highest BCUT2D eigenvalue weighted by Gasteiger charge is 2.12. The molecule has 5 nitrogen and oxygen atoms in total. The minimum absolute atomic E-state index is 0.190. The average Bonchev–Trinajstić information content (AvgIpc) is 2.17. The van der Waals surface area contributed by atoms with Crippen molar-refractivity contribution < 1.29 is 4.92 Å². The first-order valence-corrected chi connectivity index (χ1v) is 3.98. The van der Waals surface area contributed by atoms with Gasteiger partial charge in [-0.25, -0.2) is 0 Å². The van der Waals surface area contributed by atoms with Crippen molar-refractivity contribution in [2.24, 2.45) is 0 Å². The lowest BCUT2D eigenvalue weighted by Gasteiger charge is -1.98. The van der Waals surface area contributed by atoms with Gasteiger partial charge in [0, 0.05) is 6.07 Å². The van der Waals surface area contributed by atoms with Crippen LogP contribution < -0.4 is 5.73 Å². The highest BCUT2D eigenvalue weighted by atomic mass is 16.6. The number of nitro groups is 1. The number of nitrogens with zero attached hydrogens (tertiary/aromatic N) is 2. The highest BCUT2D eigenvalue weighted by molar-refractivity contribution is 5.92. The van der Waals surface area contributed by atoms with Crippen molar-refractivity contribution in [3.8, 4) is 0 Å². The number of aromatic nitrogens is 1. The van der Waals surface area contributed by atoms with Crippen LogP contribution in [0.5, 0.6) is 0 Å². The largest absolute Gasteiger partial charge is 0.366 e. The van der Waals surface area contributed by atoms with Crippen molar-refractivity contribution in [1.82, 2.24) is 4.98 Å². The van der Waals surface area contributed by atoms with Gasteiger partial charge in [-0.15, -0.1) is 0 Å². The Balaban J connectivity index is 2.78. The number of hydrogen-bond acceptors (Lipinski definition) is 4. The maximum Gasteiger partial charge on any atom is 0.366 e. The van der Waals surface area contributed by atoms with Crippen molar-refractivity contribution in [2.45, 2.75) is 0 Å². The van der Waals surface area contributed by atoms with Gasteiger partial charge in [-0.05, 0) is 21.4 Å². The topological polar surface area (TPSA) is 82.0 Å². The fourth-order valence-electron chi connectivity index (χ4n) is 1.30. The lowest BCUT2D eigenvalue weighted by Crippen LogP contribution is -1.97. The molecule has 0 saturated heterocycles. The van der Waals surface area contributed by atoms with E-state index in [1.54, 1.807) is 18.2 Å². The summed E-state index contributed by atoms with van der Waals surface area (Å²) in [6.07, 6.45) is 0. The maximum absolute atomic E-state index is 10.5. The molecule has 0 amide bonds. The molecule has 0 aliphatic carbocycles. The van der Waals surface area contributed by atoms with Crippen LogP contribution in [0.1, 0.15) is 0 Å². The highest BCUT2D eigenvalue weighted by Crippen LogP contribution is 2.22. The van der Waals surface area contributed by atoms with Crippen LogP contribution in [0.4, 0.5) is 11.6 Å². The number of anilines is 1. The molecule has 2 rings (SSSR count). The fourth-order valence-corrected chi connectivity index (χ4v) is 1.30. The normalized spacial score (nSPS) is 10.3. The Morgan fingerprint density at radius 2 is 2.07 bits per heavy atom. The number of benzene rings is 1. The summed E-state index contributed by atoms with van der Waals surface area (Å²) < 4.78 is 0. The molecule has 2 aromatic rings. The lowest BCUT2D eigenvalue weighted by atomic mass is 10.1. The van der Waals surface area contributed by atoms with Crippen molar-refractivity contribution in [3.05, 3.63) is 40.4 Å². The number of nitrogens with two attached hydrogens (primary N) is 1. The van der Waals surface area contributed by atoms with Gasteiger partial charge in [0.1, 0.15) is 0 Å². The number of hydrogen-bond donors (Lipinski definition) is 1. The average molecular weight is 189 g/mol. The van der Waals surface area contributed by atoms with E-state index in [-0.39, 0.29) is 11.6 Å². The second-order valence-electron chi connectivity index (χ2n) is 2.84. The molecule has 1 aromatic heterocycles. The third-order valence-electron chi connectivity index (χ3n) is 1.94. The quantitative estimate of drug-likeness (QED) is 0.547. The van der Waals surface area contributed by atoms with E-state index in [4.69, 9.17) is 5.73 Å². The van der Waals surface area contributed by atoms with E-state index in [0.717, 1.165) is 10.8 Å². The minimum Gasteiger partial charge on any atom is -0.362 e. The van der Waals surface area contributed by atoms with Gasteiger partial charge >= 0.3 is 5.82 Å². The molecule has 14 heavy (non-hydrogen) atoms. The van der Waals surface area contributed by atoms with Crippen LogP contribution in [-0.2, 0) is 0 Å². The van der Waals surface area contributed by atoms with Crippen molar-refractivity contribution >= 4 is 22.4 Å². The Kier molecular flexibility index (Phi) is 1.78. The summed E-state index contributed by atoms with van der Waals surface area (Å²) >= 11 is 0.